The van der Waals surface area contributed by atoms with Gasteiger partial charge >= 0.3 is 7.67 Å². The summed E-state index contributed by atoms with van der Waals surface area (Å²) < 4.78 is 25.2. The molecule has 0 N–H and O–H groups in total. The van der Waals surface area contributed by atoms with E-state index in [1.807, 2.05) is 78.9 Å². The van der Waals surface area contributed by atoms with E-state index in [4.69, 9.17) is 14.5 Å². The van der Waals surface area contributed by atoms with Crippen molar-refractivity contribution in [2.75, 3.05) is 4.67 Å². The average molecular weight is 418 g/mol. The third-order valence-electron chi connectivity index (χ3n) is 4.92. The summed E-state index contributed by atoms with van der Waals surface area (Å²) >= 11 is 1.51. The van der Waals surface area contributed by atoms with Crippen LogP contribution in [0.2, 0.25) is 0 Å². The summed E-state index contributed by atoms with van der Waals surface area (Å²) in [5.41, 5.74) is 2.49. The van der Waals surface area contributed by atoms with Gasteiger partial charge in [-0.1, -0.05) is 53.8 Å². The molecule has 3 heterocycles. The van der Waals surface area contributed by atoms with E-state index in [9.17, 15) is 4.57 Å². The normalized spacial score (nSPS) is 18.4. The smallest absolute Gasteiger partial charge is 0.413 e. The number of fused-ring (bicyclic) bond motifs is 4. The highest BCUT2D eigenvalue weighted by molar-refractivity contribution is 7.60. The number of nitrogens with zero attached hydrogens (tertiary/aromatic N) is 4. The standard InChI is InChI=1S/C21H15N4O2PS/c26-28(27-15-8-2-1-3-9-15)24(21-23-17-11-5-7-13-19(17)29-21)14-20-22-16-10-4-6-12-18(16)25(20)28/h1-13H,14H2. The Hall–Kier alpha value is -3.15. The average Bonchev–Trinajstić information content (AvgIpc) is 3.40. The van der Waals surface area contributed by atoms with Crippen molar-refractivity contribution in [3.63, 3.8) is 0 Å². The molecule has 1 atom stereocenters. The van der Waals surface area contributed by atoms with Gasteiger partial charge in [-0.2, -0.15) is 0 Å². The Labute approximate surface area is 170 Å². The molecule has 1 aliphatic rings. The number of thiazole rings is 1. The molecule has 2 aromatic heterocycles. The van der Waals surface area contributed by atoms with Crippen molar-refractivity contribution < 1.29 is 9.09 Å². The molecule has 8 heteroatoms. The van der Waals surface area contributed by atoms with Gasteiger partial charge in [0.1, 0.15) is 11.6 Å². The highest BCUT2D eigenvalue weighted by atomic mass is 32.1. The number of para-hydroxylation sites is 4. The number of hydrogen-bond acceptors (Lipinski definition) is 5. The van der Waals surface area contributed by atoms with Crippen molar-refractivity contribution in [1.82, 2.24) is 14.3 Å². The lowest BCUT2D eigenvalue weighted by Crippen LogP contribution is -2.18. The predicted octanol–water partition coefficient (Wildman–Crippen LogP) is 5.70. The second-order valence-corrected chi connectivity index (χ2v) is 9.80. The number of aromatic nitrogens is 3. The van der Waals surface area contributed by atoms with Gasteiger partial charge in [0, 0.05) is 0 Å². The Bertz CT molecular complexity index is 1380. The van der Waals surface area contributed by atoms with Crippen LogP contribution >= 0.6 is 19.0 Å². The van der Waals surface area contributed by atoms with Crippen LogP contribution in [0.5, 0.6) is 5.75 Å². The lowest BCUT2D eigenvalue weighted by molar-refractivity contribution is 0.474. The third kappa shape index (κ3) is 2.51. The molecule has 6 nitrogen and oxygen atoms in total. The fraction of sp³-hybridized carbons (Fsp3) is 0.0476. The Morgan fingerprint density at radius 3 is 2.41 bits per heavy atom. The maximum absolute atomic E-state index is 14.5. The van der Waals surface area contributed by atoms with E-state index < -0.39 is 7.67 Å². The summed E-state index contributed by atoms with van der Waals surface area (Å²) in [5.74, 6) is 1.26. The Morgan fingerprint density at radius 1 is 0.862 bits per heavy atom. The minimum absolute atomic E-state index is 0.374. The van der Waals surface area contributed by atoms with Crippen LogP contribution in [0.15, 0.2) is 78.9 Å². The van der Waals surface area contributed by atoms with E-state index in [-0.39, 0.29) is 0 Å². The van der Waals surface area contributed by atoms with E-state index in [0.29, 0.717) is 23.3 Å². The van der Waals surface area contributed by atoms with Crippen molar-refractivity contribution in [2.24, 2.45) is 0 Å². The number of rotatable bonds is 3. The Balaban J connectivity index is 1.56. The van der Waals surface area contributed by atoms with Gasteiger partial charge in [-0.05, 0) is 36.4 Å². The van der Waals surface area contributed by atoms with E-state index >= 15 is 0 Å². The van der Waals surface area contributed by atoms with Crippen molar-refractivity contribution in [3.05, 3.63) is 84.7 Å². The van der Waals surface area contributed by atoms with Gasteiger partial charge in [0.2, 0.25) is 0 Å². The molecule has 0 spiro atoms. The third-order valence-corrected chi connectivity index (χ3v) is 8.46. The molecule has 0 saturated carbocycles. The SMILES string of the molecule is O=P1(Oc2ccccc2)N(c2nc3ccccc3s2)Cc2nc3ccccc3n21. The number of hydrogen-bond donors (Lipinski definition) is 0. The zero-order valence-corrected chi connectivity index (χ0v) is 16.9. The Morgan fingerprint density at radius 2 is 1.59 bits per heavy atom. The largest absolute Gasteiger partial charge is 0.457 e. The van der Waals surface area contributed by atoms with Gasteiger partial charge in [0.25, 0.3) is 0 Å². The molecular formula is C21H15N4O2PS. The first-order valence-corrected chi connectivity index (χ1v) is 11.5. The van der Waals surface area contributed by atoms with E-state index in [1.165, 1.54) is 11.3 Å². The molecule has 0 fully saturated rings. The first-order chi connectivity index (χ1) is 14.2. The van der Waals surface area contributed by atoms with Crippen LogP contribution < -0.4 is 9.19 Å². The van der Waals surface area contributed by atoms with E-state index in [1.54, 1.807) is 9.01 Å². The van der Waals surface area contributed by atoms with Crippen LogP contribution in [0.3, 0.4) is 0 Å². The molecule has 1 aliphatic heterocycles. The minimum Gasteiger partial charge on any atom is -0.413 e. The fourth-order valence-corrected chi connectivity index (χ4v) is 7.14. The number of benzene rings is 3. The van der Waals surface area contributed by atoms with Gasteiger partial charge in [-0.3, -0.25) is 0 Å². The van der Waals surface area contributed by atoms with Crippen LogP contribution in [0, 0.1) is 0 Å². The van der Waals surface area contributed by atoms with Crippen molar-refractivity contribution >= 4 is 45.4 Å². The molecule has 1 unspecified atom stereocenters. The highest BCUT2D eigenvalue weighted by Gasteiger charge is 2.47. The summed E-state index contributed by atoms with van der Waals surface area (Å²) in [6.07, 6.45) is 0. The quantitative estimate of drug-likeness (QED) is 0.352. The van der Waals surface area contributed by atoms with Crippen LogP contribution in [-0.4, -0.2) is 14.3 Å². The zero-order chi connectivity index (χ0) is 19.4. The zero-order valence-electron chi connectivity index (χ0n) is 15.2. The fourth-order valence-electron chi connectivity index (χ4n) is 3.63. The molecular weight excluding hydrogens is 403 g/mol. The molecule has 0 aliphatic carbocycles. The van der Waals surface area contributed by atoms with Crippen LogP contribution in [-0.2, 0) is 11.1 Å². The molecule has 29 heavy (non-hydrogen) atoms. The summed E-state index contributed by atoms with van der Waals surface area (Å²) in [6.45, 7) is 0.374. The molecule has 0 radical (unpaired) electrons. The van der Waals surface area contributed by atoms with Gasteiger partial charge in [0.05, 0.1) is 27.8 Å². The maximum Gasteiger partial charge on any atom is 0.457 e. The predicted molar refractivity (Wildman–Crippen MR) is 116 cm³/mol. The monoisotopic (exact) mass is 418 g/mol. The number of imidazole rings is 1. The second-order valence-electron chi connectivity index (χ2n) is 6.75. The molecule has 0 saturated heterocycles. The number of anilines is 1. The van der Waals surface area contributed by atoms with E-state index in [2.05, 4.69) is 0 Å². The van der Waals surface area contributed by atoms with Gasteiger partial charge in [-0.15, -0.1) is 0 Å². The minimum atomic E-state index is -3.53. The topological polar surface area (TPSA) is 60.2 Å². The first-order valence-electron chi connectivity index (χ1n) is 9.18. The highest BCUT2D eigenvalue weighted by Crippen LogP contribution is 2.61. The summed E-state index contributed by atoms with van der Waals surface area (Å²) in [5, 5.41) is 0.667. The van der Waals surface area contributed by atoms with Crippen LogP contribution in [0.1, 0.15) is 5.82 Å². The molecule has 0 bridgehead atoms. The van der Waals surface area contributed by atoms with Crippen molar-refractivity contribution in [3.8, 4) is 5.75 Å². The molecule has 142 valence electrons. The second kappa shape index (κ2) is 6.17. The summed E-state index contributed by atoms with van der Waals surface area (Å²) in [6, 6.07) is 24.9. The van der Waals surface area contributed by atoms with Crippen molar-refractivity contribution in [2.45, 2.75) is 6.54 Å². The molecule has 6 rings (SSSR count). The van der Waals surface area contributed by atoms with Crippen molar-refractivity contribution in [1.29, 1.82) is 0 Å². The molecule has 0 amide bonds. The summed E-state index contributed by atoms with van der Waals surface area (Å²) in [4.78, 5) is 9.43. The van der Waals surface area contributed by atoms with Crippen LogP contribution in [0.4, 0.5) is 5.13 Å². The first kappa shape index (κ1) is 16.8. The van der Waals surface area contributed by atoms with Crippen LogP contribution in [0.25, 0.3) is 21.3 Å². The van der Waals surface area contributed by atoms with Gasteiger partial charge in [-0.25, -0.2) is 23.5 Å². The molecule has 3 aromatic carbocycles. The van der Waals surface area contributed by atoms with E-state index in [0.717, 1.165) is 21.3 Å². The van der Waals surface area contributed by atoms with Gasteiger partial charge in [0.15, 0.2) is 5.13 Å². The Kier molecular flexibility index (Phi) is 3.57. The molecule has 5 aromatic rings. The summed E-state index contributed by atoms with van der Waals surface area (Å²) in [7, 11) is -3.53. The van der Waals surface area contributed by atoms with Gasteiger partial charge < -0.3 is 4.52 Å². The lowest BCUT2D eigenvalue weighted by Gasteiger charge is -2.24. The maximum atomic E-state index is 14.5. The lowest BCUT2D eigenvalue weighted by atomic mass is 10.3.